The molecule has 0 aliphatic heterocycles. The molecule has 0 bridgehead atoms. The molecule has 0 unspecified atom stereocenters. The summed E-state index contributed by atoms with van der Waals surface area (Å²) in [5.41, 5.74) is 1.02. The van der Waals surface area contributed by atoms with Gasteiger partial charge in [-0.2, -0.15) is 11.8 Å². The zero-order chi connectivity index (χ0) is 13.7. The number of hydrogen-bond acceptors (Lipinski definition) is 5. The number of anilines is 1. The van der Waals surface area contributed by atoms with E-state index in [1.165, 1.54) is 6.07 Å². The summed E-state index contributed by atoms with van der Waals surface area (Å²) in [6.07, 6.45) is 6.33. The molecule has 0 atom stereocenters. The minimum atomic E-state index is -0.373. The smallest absolute Gasteiger partial charge is 0.278 e. The molecule has 5 nitrogen and oxygen atoms in total. The zero-order valence-corrected chi connectivity index (χ0v) is 11.4. The van der Waals surface area contributed by atoms with Crippen LogP contribution in [0.4, 0.5) is 11.4 Å². The first-order valence-corrected chi connectivity index (χ1v) is 7.37. The van der Waals surface area contributed by atoms with E-state index < -0.39 is 0 Å². The van der Waals surface area contributed by atoms with Crippen LogP contribution in [0.1, 0.15) is 6.42 Å². The fraction of sp³-hybridized carbons (Fsp3) is 0.308. The van der Waals surface area contributed by atoms with Crippen LogP contribution < -0.4 is 5.32 Å². The zero-order valence-electron chi connectivity index (χ0n) is 10.6. The van der Waals surface area contributed by atoms with Crippen molar-refractivity contribution in [1.82, 2.24) is 4.98 Å². The molecule has 0 amide bonds. The minimum absolute atomic E-state index is 0.0952. The van der Waals surface area contributed by atoms with Crippen LogP contribution in [-0.4, -0.2) is 28.5 Å². The standard InChI is InChI=1S/C13H15N3O2S/c1-19-8-2-6-15-12-3-4-13(16(17)18)11-9-14-7-5-10(11)12/h3-5,7,9,15H,2,6,8H2,1H3. The maximum atomic E-state index is 11.0. The Bertz CT molecular complexity index is 589. The first-order valence-electron chi connectivity index (χ1n) is 5.98. The molecule has 1 aromatic heterocycles. The molecular weight excluding hydrogens is 262 g/mol. The van der Waals surface area contributed by atoms with E-state index in [2.05, 4.69) is 16.6 Å². The van der Waals surface area contributed by atoms with Crippen LogP contribution in [-0.2, 0) is 0 Å². The van der Waals surface area contributed by atoms with Gasteiger partial charge in [0.15, 0.2) is 0 Å². The van der Waals surface area contributed by atoms with Gasteiger partial charge in [-0.1, -0.05) is 0 Å². The van der Waals surface area contributed by atoms with E-state index in [0.717, 1.165) is 29.8 Å². The van der Waals surface area contributed by atoms with Crippen molar-refractivity contribution in [2.24, 2.45) is 0 Å². The lowest BCUT2D eigenvalue weighted by Crippen LogP contribution is -2.03. The largest absolute Gasteiger partial charge is 0.385 e. The average molecular weight is 277 g/mol. The fourth-order valence-electron chi connectivity index (χ4n) is 1.93. The number of thioether (sulfide) groups is 1. The number of fused-ring (bicyclic) bond motifs is 1. The van der Waals surface area contributed by atoms with Crippen molar-refractivity contribution in [3.05, 3.63) is 40.7 Å². The first-order chi connectivity index (χ1) is 9.24. The Morgan fingerprint density at radius 1 is 1.37 bits per heavy atom. The van der Waals surface area contributed by atoms with Crippen molar-refractivity contribution in [2.45, 2.75) is 6.42 Å². The van der Waals surface area contributed by atoms with Gasteiger partial charge >= 0.3 is 0 Å². The molecule has 0 saturated carbocycles. The second kappa shape index (κ2) is 6.38. The van der Waals surface area contributed by atoms with Crippen LogP contribution in [0.2, 0.25) is 0 Å². The monoisotopic (exact) mass is 277 g/mol. The maximum Gasteiger partial charge on any atom is 0.278 e. The molecule has 1 N–H and O–H groups in total. The van der Waals surface area contributed by atoms with Crippen molar-refractivity contribution in [3.8, 4) is 0 Å². The first kappa shape index (κ1) is 13.6. The van der Waals surface area contributed by atoms with E-state index in [4.69, 9.17) is 0 Å². The van der Waals surface area contributed by atoms with Gasteiger partial charge in [0.25, 0.3) is 5.69 Å². The summed E-state index contributed by atoms with van der Waals surface area (Å²) >= 11 is 1.81. The number of nitrogens with one attached hydrogen (secondary N) is 1. The van der Waals surface area contributed by atoms with Crippen LogP contribution in [0.3, 0.4) is 0 Å². The summed E-state index contributed by atoms with van der Waals surface area (Å²) in [6, 6.07) is 5.10. The van der Waals surface area contributed by atoms with Crippen molar-refractivity contribution in [1.29, 1.82) is 0 Å². The molecule has 0 spiro atoms. The number of hydrogen-bond donors (Lipinski definition) is 1. The molecule has 0 saturated heterocycles. The molecule has 1 aromatic carbocycles. The predicted octanol–water partition coefficient (Wildman–Crippen LogP) is 3.31. The molecule has 2 rings (SSSR count). The van der Waals surface area contributed by atoms with Gasteiger partial charge < -0.3 is 5.32 Å². The molecule has 0 radical (unpaired) electrons. The Balaban J connectivity index is 2.30. The number of nitrogens with zero attached hydrogens (tertiary/aromatic N) is 2. The van der Waals surface area contributed by atoms with E-state index in [9.17, 15) is 10.1 Å². The predicted molar refractivity (Wildman–Crippen MR) is 79.9 cm³/mol. The van der Waals surface area contributed by atoms with Crippen molar-refractivity contribution >= 4 is 33.9 Å². The molecule has 0 aliphatic rings. The van der Waals surface area contributed by atoms with Crippen molar-refractivity contribution in [2.75, 3.05) is 23.9 Å². The number of pyridine rings is 1. The Morgan fingerprint density at radius 2 is 2.21 bits per heavy atom. The van der Waals surface area contributed by atoms with Gasteiger partial charge in [-0.3, -0.25) is 15.1 Å². The van der Waals surface area contributed by atoms with Gasteiger partial charge in [0, 0.05) is 36.1 Å². The van der Waals surface area contributed by atoms with E-state index in [1.54, 1.807) is 24.5 Å². The molecule has 19 heavy (non-hydrogen) atoms. The number of aromatic nitrogens is 1. The molecule has 0 fully saturated rings. The number of rotatable bonds is 6. The van der Waals surface area contributed by atoms with Gasteiger partial charge in [0.05, 0.1) is 10.3 Å². The molecule has 0 aliphatic carbocycles. The summed E-state index contributed by atoms with van der Waals surface area (Å²) in [6.45, 7) is 0.857. The minimum Gasteiger partial charge on any atom is -0.385 e. The maximum absolute atomic E-state index is 11.0. The number of nitro groups is 1. The quantitative estimate of drug-likeness (QED) is 0.498. The van der Waals surface area contributed by atoms with Crippen LogP contribution in [0.15, 0.2) is 30.6 Å². The third kappa shape index (κ3) is 3.14. The highest BCUT2D eigenvalue weighted by atomic mass is 32.2. The van der Waals surface area contributed by atoms with Gasteiger partial charge in [0.1, 0.15) is 0 Å². The second-order valence-corrected chi connectivity index (χ2v) is 5.07. The molecule has 6 heteroatoms. The molecule has 2 aromatic rings. The summed E-state index contributed by atoms with van der Waals surface area (Å²) < 4.78 is 0. The summed E-state index contributed by atoms with van der Waals surface area (Å²) in [4.78, 5) is 14.6. The molecular formula is C13H15N3O2S. The highest BCUT2D eigenvalue weighted by molar-refractivity contribution is 7.98. The molecule has 1 heterocycles. The lowest BCUT2D eigenvalue weighted by molar-refractivity contribution is -0.383. The second-order valence-electron chi connectivity index (χ2n) is 4.08. The van der Waals surface area contributed by atoms with Gasteiger partial charge in [0.2, 0.25) is 0 Å². The average Bonchev–Trinajstić information content (AvgIpc) is 2.43. The highest BCUT2D eigenvalue weighted by Crippen LogP contribution is 2.30. The lowest BCUT2D eigenvalue weighted by atomic mass is 10.1. The van der Waals surface area contributed by atoms with Crippen LogP contribution in [0, 0.1) is 10.1 Å². The number of nitro benzene ring substituents is 1. The summed E-state index contributed by atoms with van der Waals surface area (Å²) in [5.74, 6) is 1.10. The van der Waals surface area contributed by atoms with Gasteiger partial charge in [-0.25, -0.2) is 0 Å². The highest BCUT2D eigenvalue weighted by Gasteiger charge is 2.13. The van der Waals surface area contributed by atoms with Crippen LogP contribution in [0.5, 0.6) is 0 Å². The summed E-state index contributed by atoms with van der Waals surface area (Å²) in [7, 11) is 0. The SMILES string of the molecule is CSCCCNc1ccc([N+](=O)[O-])c2cnccc12. The lowest BCUT2D eigenvalue weighted by Gasteiger charge is -2.09. The van der Waals surface area contributed by atoms with E-state index >= 15 is 0 Å². The third-order valence-corrected chi connectivity index (χ3v) is 3.53. The third-order valence-electron chi connectivity index (χ3n) is 2.83. The Kier molecular flexibility index (Phi) is 4.57. The van der Waals surface area contributed by atoms with Crippen LogP contribution >= 0.6 is 11.8 Å². The van der Waals surface area contributed by atoms with Crippen molar-refractivity contribution in [3.63, 3.8) is 0 Å². The van der Waals surface area contributed by atoms with Crippen molar-refractivity contribution < 1.29 is 4.92 Å². The summed E-state index contributed by atoms with van der Waals surface area (Å²) in [5, 5.41) is 15.7. The molecule has 100 valence electrons. The van der Waals surface area contributed by atoms with E-state index in [0.29, 0.717) is 5.39 Å². The Hall–Kier alpha value is -1.82. The fourth-order valence-corrected chi connectivity index (χ4v) is 2.36. The van der Waals surface area contributed by atoms with Gasteiger partial charge in [-0.15, -0.1) is 0 Å². The Morgan fingerprint density at radius 3 is 2.95 bits per heavy atom. The number of non-ortho nitro benzene ring substituents is 1. The van der Waals surface area contributed by atoms with Crippen LogP contribution in [0.25, 0.3) is 10.8 Å². The van der Waals surface area contributed by atoms with E-state index in [-0.39, 0.29) is 10.6 Å². The number of benzene rings is 1. The Labute approximate surface area is 115 Å². The topological polar surface area (TPSA) is 68.1 Å². The van der Waals surface area contributed by atoms with E-state index in [1.807, 2.05) is 11.8 Å². The van der Waals surface area contributed by atoms with Gasteiger partial charge in [-0.05, 0) is 30.6 Å². The normalized spacial score (nSPS) is 10.6.